The molecular formula is C17H30N2OS. The van der Waals surface area contributed by atoms with Crippen LogP contribution in [-0.2, 0) is 5.41 Å². The van der Waals surface area contributed by atoms with Crippen LogP contribution in [0.15, 0.2) is 0 Å². The SMILES string of the molecule is Cc1nc(C(C)(C)C)sc1C(C)NC1CCCCCC1O. The van der Waals surface area contributed by atoms with Crippen molar-refractivity contribution in [1.29, 1.82) is 0 Å². The summed E-state index contributed by atoms with van der Waals surface area (Å²) in [6.07, 6.45) is 5.43. The van der Waals surface area contributed by atoms with Gasteiger partial charge in [0.15, 0.2) is 0 Å². The smallest absolute Gasteiger partial charge is 0.0985 e. The third-order valence-corrected chi connectivity index (χ3v) is 6.08. The molecule has 1 aliphatic rings. The van der Waals surface area contributed by atoms with Crippen LogP contribution in [0.3, 0.4) is 0 Å². The molecule has 1 heterocycles. The third-order valence-electron chi connectivity index (χ3n) is 4.31. The molecule has 4 heteroatoms. The minimum absolute atomic E-state index is 0.106. The van der Waals surface area contributed by atoms with Crippen molar-refractivity contribution in [2.75, 3.05) is 0 Å². The van der Waals surface area contributed by atoms with Gasteiger partial charge in [0.2, 0.25) is 0 Å². The molecule has 0 bridgehead atoms. The van der Waals surface area contributed by atoms with Gasteiger partial charge in [0.25, 0.3) is 0 Å². The van der Waals surface area contributed by atoms with Gasteiger partial charge in [0.05, 0.1) is 16.8 Å². The number of hydrogen-bond donors (Lipinski definition) is 2. The van der Waals surface area contributed by atoms with E-state index in [0.29, 0.717) is 0 Å². The molecule has 0 amide bonds. The number of aliphatic hydroxyl groups excluding tert-OH is 1. The number of nitrogens with one attached hydrogen (secondary N) is 1. The highest BCUT2D eigenvalue weighted by molar-refractivity contribution is 7.12. The number of nitrogens with zero attached hydrogens (tertiary/aromatic N) is 1. The Morgan fingerprint density at radius 1 is 1.24 bits per heavy atom. The van der Waals surface area contributed by atoms with Gasteiger partial charge in [-0.1, -0.05) is 40.0 Å². The highest BCUT2D eigenvalue weighted by atomic mass is 32.1. The number of rotatable bonds is 3. The Bertz CT molecular complexity index is 464. The maximum Gasteiger partial charge on any atom is 0.0985 e. The summed E-state index contributed by atoms with van der Waals surface area (Å²) in [5, 5.41) is 15.1. The zero-order valence-corrected chi connectivity index (χ0v) is 14.9. The Labute approximate surface area is 133 Å². The number of aliphatic hydroxyl groups is 1. The largest absolute Gasteiger partial charge is 0.392 e. The van der Waals surface area contributed by atoms with Gasteiger partial charge in [-0.05, 0) is 26.7 Å². The van der Waals surface area contributed by atoms with Crippen molar-refractivity contribution in [2.45, 2.75) is 90.3 Å². The van der Waals surface area contributed by atoms with Crippen LogP contribution in [0.2, 0.25) is 0 Å². The minimum Gasteiger partial charge on any atom is -0.392 e. The van der Waals surface area contributed by atoms with Crippen molar-refractivity contribution in [3.8, 4) is 0 Å². The van der Waals surface area contributed by atoms with Crippen LogP contribution in [0.4, 0.5) is 0 Å². The van der Waals surface area contributed by atoms with E-state index >= 15 is 0 Å². The Morgan fingerprint density at radius 2 is 1.90 bits per heavy atom. The van der Waals surface area contributed by atoms with Gasteiger partial charge in [0, 0.05) is 22.4 Å². The van der Waals surface area contributed by atoms with E-state index in [4.69, 9.17) is 4.98 Å². The lowest BCUT2D eigenvalue weighted by Gasteiger charge is -2.25. The minimum atomic E-state index is -0.203. The number of aromatic nitrogens is 1. The van der Waals surface area contributed by atoms with E-state index < -0.39 is 0 Å². The summed E-state index contributed by atoms with van der Waals surface area (Å²) in [5.41, 5.74) is 1.24. The number of aryl methyl sites for hydroxylation is 1. The van der Waals surface area contributed by atoms with Gasteiger partial charge in [-0.3, -0.25) is 0 Å². The van der Waals surface area contributed by atoms with Crippen LogP contribution in [-0.4, -0.2) is 22.2 Å². The molecule has 0 saturated heterocycles. The molecule has 21 heavy (non-hydrogen) atoms. The fourth-order valence-electron chi connectivity index (χ4n) is 3.01. The van der Waals surface area contributed by atoms with E-state index in [2.05, 4.69) is 39.9 Å². The van der Waals surface area contributed by atoms with Crippen molar-refractivity contribution in [3.05, 3.63) is 15.6 Å². The van der Waals surface area contributed by atoms with Crippen molar-refractivity contribution in [2.24, 2.45) is 0 Å². The molecule has 3 nitrogen and oxygen atoms in total. The lowest BCUT2D eigenvalue weighted by molar-refractivity contribution is 0.115. The second-order valence-electron chi connectivity index (χ2n) is 7.42. The van der Waals surface area contributed by atoms with Crippen LogP contribution in [0.5, 0.6) is 0 Å². The molecular weight excluding hydrogens is 280 g/mol. The van der Waals surface area contributed by atoms with E-state index in [1.807, 2.05) is 11.3 Å². The summed E-state index contributed by atoms with van der Waals surface area (Å²) < 4.78 is 0. The summed E-state index contributed by atoms with van der Waals surface area (Å²) >= 11 is 1.81. The Morgan fingerprint density at radius 3 is 2.52 bits per heavy atom. The van der Waals surface area contributed by atoms with Crippen molar-refractivity contribution < 1.29 is 5.11 Å². The lowest BCUT2D eigenvalue weighted by Crippen LogP contribution is -2.40. The first-order chi connectivity index (χ1) is 9.79. The summed E-state index contributed by atoms with van der Waals surface area (Å²) in [6, 6.07) is 0.485. The van der Waals surface area contributed by atoms with Crippen molar-refractivity contribution in [1.82, 2.24) is 10.3 Å². The first-order valence-corrected chi connectivity index (χ1v) is 9.02. The molecule has 1 aromatic rings. The molecule has 0 aromatic carbocycles. The van der Waals surface area contributed by atoms with Gasteiger partial charge in [-0.2, -0.15) is 0 Å². The average molecular weight is 311 g/mol. The molecule has 3 unspecified atom stereocenters. The molecule has 1 saturated carbocycles. The van der Waals surface area contributed by atoms with E-state index in [-0.39, 0.29) is 23.6 Å². The topological polar surface area (TPSA) is 45.2 Å². The van der Waals surface area contributed by atoms with Crippen molar-refractivity contribution >= 4 is 11.3 Å². The fourth-order valence-corrected chi connectivity index (χ4v) is 4.15. The predicted octanol–water partition coefficient (Wildman–Crippen LogP) is 4.09. The van der Waals surface area contributed by atoms with E-state index in [9.17, 15) is 5.11 Å². The molecule has 1 fully saturated rings. The molecule has 0 aliphatic heterocycles. The third kappa shape index (κ3) is 4.27. The zero-order valence-electron chi connectivity index (χ0n) is 14.1. The Kier molecular flexibility index (Phi) is 5.44. The maximum atomic E-state index is 10.3. The molecule has 0 spiro atoms. The van der Waals surface area contributed by atoms with E-state index in [1.54, 1.807) is 0 Å². The maximum absolute atomic E-state index is 10.3. The summed E-state index contributed by atoms with van der Waals surface area (Å²) in [4.78, 5) is 6.07. The normalized spacial score (nSPS) is 25.6. The second-order valence-corrected chi connectivity index (χ2v) is 8.45. The number of hydrogen-bond acceptors (Lipinski definition) is 4. The average Bonchev–Trinajstić information content (AvgIpc) is 2.68. The van der Waals surface area contributed by atoms with Gasteiger partial charge in [-0.15, -0.1) is 11.3 Å². The van der Waals surface area contributed by atoms with Crippen molar-refractivity contribution in [3.63, 3.8) is 0 Å². The Hall–Kier alpha value is -0.450. The molecule has 2 rings (SSSR count). The first kappa shape index (κ1) is 16.9. The summed E-state index contributed by atoms with van der Waals surface area (Å²) in [6.45, 7) is 10.9. The van der Waals surface area contributed by atoms with Crippen LogP contribution in [0, 0.1) is 6.92 Å². The zero-order chi connectivity index (χ0) is 15.6. The van der Waals surface area contributed by atoms with Crippen LogP contribution < -0.4 is 5.32 Å². The van der Waals surface area contributed by atoms with Gasteiger partial charge >= 0.3 is 0 Å². The highest BCUT2D eigenvalue weighted by Crippen LogP contribution is 2.33. The standard InChI is InChI=1S/C17H30N2OS/c1-11(18-13-9-7-6-8-10-14(13)20)15-12(2)19-16(21-15)17(3,4)5/h11,13-14,18,20H,6-10H2,1-5H3. The van der Waals surface area contributed by atoms with Gasteiger partial charge < -0.3 is 10.4 Å². The quantitative estimate of drug-likeness (QED) is 0.826. The molecule has 0 radical (unpaired) electrons. The highest BCUT2D eigenvalue weighted by Gasteiger charge is 2.26. The first-order valence-electron chi connectivity index (χ1n) is 8.21. The van der Waals surface area contributed by atoms with Gasteiger partial charge in [0.1, 0.15) is 0 Å². The van der Waals surface area contributed by atoms with E-state index in [1.165, 1.54) is 22.7 Å². The molecule has 120 valence electrons. The summed E-state index contributed by atoms with van der Waals surface area (Å²) in [5.74, 6) is 0. The monoisotopic (exact) mass is 310 g/mol. The molecule has 1 aliphatic carbocycles. The fraction of sp³-hybridized carbons (Fsp3) is 0.824. The van der Waals surface area contributed by atoms with Crippen LogP contribution in [0.25, 0.3) is 0 Å². The second kappa shape index (κ2) is 6.76. The molecule has 3 atom stereocenters. The van der Waals surface area contributed by atoms with Crippen LogP contribution in [0.1, 0.15) is 81.4 Å². The predicted molar refractivity (Wildman–Crippen MR) is 90.0 cm³/mol. The van der Waals surface area contributed by atoms with Crippen LogP contribution >= 0.6 is 11.3 Å². The summed E-state index contributed by atoms with van der Waals surface area (Å²) in [7, 11) is 0. The van der Waals surface area contributed by atoms with Gasteiger partial charge in [-0.25, -0.2) is 4.98 Å². The Balaban J connectivity index is 2.09. The lowest BCUT2D eigenvalue weighted by atomic mass is 9.98. The number of thiazole rings is 1. The molecule has 1 aromatic heterocycles. The van der Waals surface area contributed by atoms with E-state index in [0.717, 1.165) is 25.0 Å². The molecule has 2 N–H and O–H groups in total.